The van der Waals surface area contributed by atoms with Crippen molar-refractivity contribution in [2.45, 2.75) is 46.5 Å². The van der Waals surface area contributed by atoms with Gasteiger partial charge in [-0.15, -0.1) is 6.58 Å². The van der Waals surface area contributed by atoms with Gasteiger partial charge in [0, 0.05) is 13.1 Å². The number of piperidine rings is 1. The molecule has 0 unspecified atom stereocenters. The van der Waals surface area contributed by atoms with E-state index in [1.807, 2.05) is 13.0 Å². The Kier molecular flexibility index (Phi) is 5.18. The zero-order valence-corrected chi connectivity index (χ0v) is 14.7. The number of halogens is 1. The van der Waals surface area contributed by atoms with Crippen LogP contribution >= 0.6 is 0 Å². The maximum atomic E-state index is 14.7. The van der Waals surface area contributed by atoms with Crippen LogP contribution in [-0.2, 0) is 0 Å². The molecule has 2 rings (SSSR count). The second kappa shape index (κ2) is 6.77. The quantitative estimate of drug-likeness (QED) is 0.582. The van der Waals surface area contributed by atoms with Gasteiger partial charge in [-0.1, -0.05) is 26.0 Å². The number of rotatable bonds is 5. The first-order valence-corrected chi connectivity index (χ1v) is 8.36. The third kappa shape index (κ3) is 4.37. The van der Waals surface area contributed by atoms with Gasteiger partial charge in [0.05, 0.1) is 11.4 Å². The highest BCUT2D eigenvalue weighted by atomic mass is 19.1. The van der Waals surface area contributed by atoms with Crippen molar-refractivity contribution in [2.75, 3.05) is 23.7 Å². The highest BCUT2D eigenvalue weighted by molar-refractivity contribution is 5.76. The molecule has 1 heterocycles. The van der Waals surface area contributed by atoms with Gasteiger partial charge in [-0.3, -0.25) is 0 Å². The molecule has 126 valence electrons. The SMILES string of the molecule is C=C(C)CCC(=C)c1cc(N)c(N2CCC(C)(C)CC2)c(F)c1. The Morgan fingerprint density at radius 1 is 1.22 bits per heavy atom. The number of anilines is 2. The van der Waals surface area contributed by atoms with Crippen LogP contribution in [0.15, 0.2) is 30.9 Å². The molecule has 1 aromatic carbocycles. The lowest BCUT2D eigenvalue weighted by Gasteiger charge is -2.38. The predicted octanol–water partition coefficient (Wildman–Crippen LogP) is 5.40. The third-order valence-corrected chi connectivity index (χ3v) is 4.79. The van der Waals surface area contributed by atoms with Crippen LogP contribution in [0.2, 0.25) is 0 Å². The molecule has 1 aliphatic rings. The van der Waals surface area contributed by atoms with E-state index in [4.69, 9.17) is 5.73 Å². The smallest absolute Gasteiger partial charge is 0.149 e. The number of hydrogen-bond donors (Lipinski definition) is 1. The van der Waals surface area contributed by atoms with Crippen molar-refractivity contribution in [3.63, 3.8) is 0 Å². The van der Waals surface area contributed by atoms with Crippen LogP contribution < -0.4 is 10.6 Å². The highest BCUT2D eigenvalue weighted by Gasteiger charge is 2.27. The van der Waals surface area contributed by atoms with E-state index in [2.05, 4.69) is 31.9 Å². The van der Waals surface area contributed by atoms with Crippen molar-refractivity contribution >= 4 is 16.9 Å². The third-order valence-electron chi connectivity index (χ3n) is 4.79. The summed E-state index contributed by atoms with van der Waals surface area (Å²) in [5.74, 6) is -0.240. The summed E-state index contributed by atoms with van der Waals surface area (Å²) in [5.41, 5.74) is 10.4. The van der Waals surface area contributed by atoms with Gasteiger partial charge < -0.3 is 10.6 Å². The van der Waals surface area contributed by atoms with Gasteiger partial charge >= 0.3 is 0 Å². The lowest BCUT2D eigenvalue weighted by atomic mass is 9.82. The zero-order valence-electron chi connectivity index (χ0n) is 14.7. The van der Waals surface area contributed by atoms with Gasteiger partial charge in [-0.25, -0.2) is 4.39 Å². The number of benzene rings is 1. The Morgan fingerprint density at radius 2 is 1.83 bits per heavy atom. The highest BCUT2D eigenvalue weighted by Crippen LogP contribution is 2.37. The summed E-state index contributed by atoms with van der Waals surface area (Å²) in [7, 11) is 0. The summed E-state index contributed by atoms with van der Waals surface area (Å²) in [6.07, 6.45) is 3.76. The molecule has 2 nitrogen and oxygen atoms in total. The van der Waals surface area contributed by atoms with Gasteiger partial charge in [-0.05, 0) is 61.3 Å². The molecular formula is C20H29FN2. The number of nitrogens with zero attached hydrogens (tertiary/aromatic N) is 1. The number of nitrogens with two attached hydrogens (primary N) is 1. The summed E-state index contributed by atoms with van der Waals surface area (Å²) in [6.45, 7) is 16.2. The van der Waals surface area contributed by atoms with Crippen molar-refractivity contribution in [1.82, 2.24) is 0 Å². The maximum Gasteiger partial charge on any atom is 0.149 e. The van der Waals surface area contributed by atoms with Crippen molar-refractivity contribution < 1.29 is 4.39 Å². The van der Waals surface area contributed by atoms with E-state index >= 15 is 0 Å². The first-order valence-electron chi connectivity index (χ1n) is 8.36. The van der Waals surface area contributed by atoms with Crippen LogP contribution in [0, 0.1) is 11.2 Å². The van der Waals surface area contributed by atoms with Crippen molar-refractivity contribution in [3.8, 4) is 0 Å². The van der Waals surface area contributed by atoms with Gasteiger partial charge in [0.2, 0.25) is 0 Å². The molecule has 1 aromatic rings. The van der Waals surface area contributed by atoms with E-state index in [0.29, 0.717) is 16.8 Å². The van der Waals surface area contributed by atoms with E-state index in [-0.39, 0.29) is 5.82 Å². The van der Waals surface area contributed by atoms with Crippen LogP contribution in [0.5, 0.6) is 0 Å². The Hall–Kier alpha value is -1.77. The second-order valence-electron chi connectivity index (χ2n) is 7.61. The Labute approximate surface area is 139 Å². The zero-order chi connectivity index (χ0) is 17.2. The summed E-state index contributed by atoms with van der Waals surface area (Å²) in [5, 5.41) is 0. The maximum absolute atomic E-state index is 14.7. The molecule has 0 atom stereocenters. The van der Waals surface area contributed by atoms with E-state index in [1.54, 1.807) is 6.07 Å². The van der Waals surface area contributed by atoms with Crippen LogP contribution in [0.3, 0.4) is 0 Å². The lowest BCUT2D eigenvalue weighted by molar-refractivity contribution is 0.279. The molecule has 1 aliphatic heterocycles. The topological polar surface area (TPSA) is 29.3 Å². The minimum absolute atomic E-state index is 0.240. The van der Waals surface area contributed by atoms with E-state index in [0.717, 1.165) is 55.5 Å². The van der Waals surface area contributed by atoms with Crippen LogP contribution in [0.1, 0.15) is 52.0 Å². The number of hydrogen-bond acceptors (Lipinski definition) is 2. The van der Waals surface area contributed by atoms with E-state index < -0.39 is 0 Å². The van der Waals surface area contributed by atoms with Crippen molar-refractivity contribution in [3.05, 3.63) is 42.2 Å². The van der Waals surface area contributed by atoms with Gasteiger partial charge in [0.1, 0.15) is 5.82 Å². The summed E-state index contributed by atoms with van der Waals surface area (Å²) in [6, 6.07) is 3.44. The molecule has 1 saturated heterocycles. The fraction of sp³-hybridized carbons (Fsp3) is 0.500. The lowest BCUT2D eigenvalue weighted by Crippen LogP contribution is -2.38. The van der Waals surface area contributed by atoms with Gasteiger partial charge in [0.15, 0.2) is 0 Å². The monoisotopic (exact) mass is 316 g/mol. The Morgan fingerprint density at radius 3 is 2.35 bits per heavy atom. The number of allylic oxidation sites excluding steroid dienone is 2. The van der Waals surface area contributed by atoms with Crippen molar-refractivity contribution in [2.24, 2.45) is 5.41 Å². The van der Waals surface area contributed by atoms with Crippen LogP contribution in [-0.4, -0.2) is 13.1 Å². The fourth-order valence-corrected chi connectivity index (χ4v) is 3.00. The van der Waals surface area contributed by atoms with E-state index in [1.165, 1.54) is 0 Å². The Balaban J connectivity index is 2.18. The predicted molar refractivity (Wildman–Crippen MR) is 99.1 cm³/mol. The molecule has 1 fully saturated rings. The second-order valence-corrected chi connectivity index (χ2v) is 7.61. The minimum atomic E-state index is -0.240. The standard InChI is InChI=1S/C20H29FN2/c1-14(2)6-7-15(3)16-12-17(21)19(18(22)13-16)23-10-8-20(4,5)9-11-23/h12-13H,1,3,6-11,22H2,2,4-5H3. The average Bonchev–Trinajstić information content (AvgIpc) is 2.45. The molecular weight excluding hydrogens is 287 g/mol. The van der Waals surface area contributed by atoms with E-state index in [9.17, 15) is 4.39 Å². The largest absolute Gasteiger partial charge is 0.397 e. The number of nitrogen functional groups attached to an aromatic ring is 1. The molecule has 0 amide bonds. The minimum Gasteiger partial charge on any atom is -0.397 e. The molecule has 2 N–H and O–H groups in total. The molecule has 0 spiro atoms. The first kappa shape index (κ1) is 17.6. The van der Waals surface area contributed by atoms with Crippen LogP contribution in [0.4, 0.5) is 15.8 Å². The van der Waals surface area contributed by atoms with Crippen LogP contribution in [0.25, 0.3) is 5.57 Å². The summed E-state index contributed by atoms with van der Waals surface area (Å²) >= 11 is 0. The molecule has 3 heteroatoms. The fourth-order valence-electron chi connectivity index (χ4n) is 3.00. The summed E-state index contributed by atoms with van der Waals surface area (Å²) < 4.78 is 14.7. The molecule has 0 saturated carbocycles. The first-order chi connectivity index (χ1) is 10.7. The molecule has 0 aromatic heterocycles. The summed E-state index contributed by atoms with van der Waals surface area (Å²) in [4.78, 5) is 2.08. The molecule has 0 bridgehead atoms. The van der Waals surface area contributed by atoms with Gasteiger partial charge in [0.25, 0.3) is 0 Å². The average molecular weight is 316 g/mol. The molecule has 23 heavy (non-hydrogen) atoms. The van der Waals surface area contributed by atoms with Gasteiger partial charge in [-0.2, -0.15) is 0 Å². The molecule has 0 radical (unpaired) electrons. The normalized spacial score (nSPS) is 17.1. The Bertz CT molecular complexity index is 583. The molecule has 0 aliphatic carbocycles. The van der Waals surface area contributed by atoms with Crippen molar-refractivity contribution in [1.29, 1.82) is 0 Å².